The van der Waals surface area contributed by atoms with Crippen molar-refractivity contribution in [3.8, 4) is 0 Å². The molecule has 162 valence electrons. The van der Waals surface area contributed by atoms with Gasteiger partial charge in [-0.05, 0) is 29.5 Å². The summed E-state index contributed by atoms with van der Waals surface area (Å²) in [6, 6.07) is 30.7. The van der Waals surface area contributed by atoms with Crippen LogP contribution in [0.1, 0.15) is 36.0 Å². The first-order valence-electron chi connectivity index (χ1n) is 10.9. The molecule has 2 atom stereocenters. The molecule has 4 nitrogen and oxygen atoms in total. The topological polar surface area (TPSA) is 53.7 Å². The third-order valence-corrected chi connectivity index (χ3v) is 6.43. The lowest BCUT2D eigenvalue weighted by molar-refractivity contribution is -0.411. The van der Waals surface area contributed by atoms with E-state index in [0.29, 0.717) is 0 Å². The molecular weight excluding hydrogens is 386 g/mol. The summed E-state index contributed by atoms with van der Waals surface area (Å²) in [5.41, 5.74) is 8.56. The molecule has 2 N–H and O–H groups in total. The van der Waals surface area contributed by atoms with E-state index in [9.17, 15) is 0 Å². The number of benzene rings is 3. The predicted octanol–water partition coefficient (Wildman–Crippen LogP) is 5.07. The number of ether oxygens (including phenoxy) is 3. The van der Waals surface area contributed by atoms with Crippen LogP contribution in [0.15, 0.2) is 91.0 Å². The minimum atomic E-state index is -1.29. The summed E-state index contributed by atoms with van der Waals surface area (Å²) in [6.07, 6.45) is 2.84. The normalized spacial score (nSPS) is 19.5. The van der Waals surface area contributed by atoms with Crippen molar-refractivity contribution < 1.29 is 14.2 Å². The highest BCUT2D eigenvalue weighted by atomic mass is 16.9. The molecule has 4 heteroatoms. The Bertz CT molecular complexity index is 845. The van der Waals surface area contributed by atoms with Gasteiger partial charge in [0.25, 0.3) is 5.97 Å². The summed E-state index contributed by atoms with van der Waals surface area (Å²) in [5, 5.41) is 0. The van der Waals surface area contributed by atoms with Gasteiger partial charge in [0, 0.05) is 20.3 Å². The van der Waals surface area contributed by atoms with Gasteiger partial charge in [-0.25, -0.2) is 0 Å². The van der Waals surface area contributed by atoms with Crippen LogP contribution < -0.4 is 5.73 Å². The third kappa shape index (κ3) is 3.92. The summed E-state index contributed by atoms with van der Waals surface area (Å²) in [7, 11) is 3.28. The van der Waals surface area contributed by atoms with Crippen molar-refractivity contribution in [2.24, 2.45) is 11.7 Å². The Morgan fingerprint density at radius 3 is 1.42 bits per heavy atom. The molecule has 0 heterocycles. The van der Waals surface area contributed by atoms with Gasteiger partial charge in [-0.1, -0.05) is 97.4 Å². The number of hydrogen-bond donors (Lipinski definition) is 1. The van der Waals surface area contributed by atoms with E-state index < -0.39 is 11.6 Å². The molecule has 0 aromatic heterocycles. The molecule has 1 aliphatic rings. The largest absolute Gasteiger partial charge is 0.331 e. The van der Waals surface area contributed by atoms with E-state index in [1.165, 1.54) is 0 Å². The fourth-order valence-corrected chi connectivity index (χ4v) is 4.88. The minimum absolute atomic E-state index is 0.0556. The molecular formula is C27H31NO3. The Kier molecular flexibility index (Phi) is 6.54. The van der Waals surface area contributed by atoms with Gasteiger partial charge in [0.2, 0.25) is 0 Å². The lowest BCUT2D eigenvalue weighted by atomic mass is 9.79. The standard InChI is InChI=1S/C27H31NO3/c1-29-27(30-2,24-19-12-20-25(24)28)31-26(21-13-6-3-7-14-21,22-15-8-4-9-16-22)23-17-10-5-11-18-23/h3-11,13-18,24-25H,12,19-20,28H2,1-2H3/t24-,25?/m0/s1. The molecule has 4 rings (SSSR count). The number of rotatable bonds is 8. The van der Waals surface area contributed by atoms with E-state index in [1.54, 1.807) is 14.2 Å². The summed E-state index contributed by atoms with van der Waals surface area (Å²) >= 11 is 0. The van der Waals surface area contributed by atoms with Crippen LogP contribution in [0.5, 0.6) is 0 Å². The first kappa shape index (κ1) is 21.7. The van der Waals surface area contributed by atoms with E-state index in [4.69, 9.17) is 19.9 Å². The van der Waals surface area contributed by atoms with Gasteiger partial charge in [-0.15, -0.1) is 0 Å². The lowest BCUT2D eigenvalue weighted by Gasteiger charge is -2.46. The van der Waals surface area contributed by atoms with Crippen LogP contribution >= 0.6 is 0 Å². The fourth-order valence-electron chi connectivity index (χ4n) is 4.88. The van der Waals surface area contributed by atoms with Crippen LogP contribution in [0.2, 0.25) is 0 Å². The molecule has 1 unspecified atom stereocenters. The second-order valence-corrected chi connectivity index (χ2v) is 8.09. The fraction of sp³-hybridized carbons (Fsp3) is 0.333. The van der Waals surface area contributed by atoms with E-state index >= 15 is 0 Å². The zero-order valence-electron chi connectivity index (χ0n) is 18.2. The van der Waals surface area contributed by atoms with E-state index in [0.717, 1.165) is 36.0 Å². The summed E-state index contributed by atoms with van der Waals surface area (Å²) < 4.78 is 19.2. The van der Waals surface area contributed by atoms with Gasteiger partial charge in [-0.3, -0.25) is 0 Å². The SMILES string of the molecule is COC(OC)(OC(c1ccccc1)(c1ccccc1)c1ccccc1)[C@H]1CCCC1N. The van der Waals surface area contributed by atoms with Crippen LogP contribution in [0.4, 0.5) is 0 Å². The van der Waals surface area contributed by atoms with E-state index in [-0.39, 0.29) is 12.0 Å². The van der Waals surface area contributed by atoms with Crippen molar-refractivity contribution in [2.45, 2.75) is 36.9 Å². The molecule has 1 fully saturated rings. The Morgan fingerprint density at radius 2 is 1.10 bits per heavy atom. The van der Waals surface area contributed by atoms with Gasteiger partial charge >= 0.3 is 0 Å². The lowest BCUT2D eigenvalue weighted by Crippen LogP contribution is -2.55. The van der Waals surface area contributed by atoms with Gasteiger partial charge in [-0.2, -0.15) is 0 Å². The van der Waals surface area contributed by atoms with Gasteiger partial charge in [0.05, 0.1) is 5.92 Å². The molecule has 0 aliphatic heterocycles. The molecule has 1 saturated carbocycles. The Morgan fingerprint density at radius 1 is 0.677 bits per heavy atom. The average molecular weight is 418 g/mol. The maximum atomic E-state index is 7.11. The van der Waals surface area contributed by atoms with Gasteiger partial charge in [0.15, 0.2) is 0 Å². The molecule has 0 bridgehead atoms. The van der Waals surface area contributed by atoms with Crippen LogP contribution in [0, 0.1) is 5.92 Å². The number of nitrogens with two attached hydrogens (primary N) is 1. The zero-order chi connectivity index (χ0) is 21.7. The predicted molar refractivity (Wildman–Crippen MR) is 122 cm³/mol. The monoisotopic (exact) mass is 417 g/mol. The number of methoxy groups -OCH3 is 2. The average Bonchev–Trinajstić information content (AvgIpc) is 3.29. The van der Waals surface area contributed by atoms with Crippen molar-refractivity contribution in [3.63, 3.8) is 0 Å². The second-order valence-electron chi connectivity index (χ2n) is 8.09. The van der Waals surface area contributed by atoms with E-state index in [1.807, 2.05) is 54.6 Å². The number of hydrogen-bond acceptors (Lipinski definition) is 4. The van der Waals surface area contributed by atoms with Crippen molar-refractivity contribution >= 4 is 0 Å². The summed E-state index contributed by atoms with van der Waals surface area (Å²) in [4.78, 5) is 0. The highest BCUT2D eigenvalue weighted by Gasteiger charge is 2.53. The minimum Gasteiger partial charge on any atom is -0.331 e. The van der Waals surface area contributed by atoms with Gasteiger partial charge in [0.1, 0.15) is 5.60 Å². The maximum absolute atomic E-state index is 7.11. The summed E-state index contributed by atoms with van der Waals surface area (Å²) in [6.45, 7) is 0. The Labute approximate surface area is 185 Å². The van der Waals surface area contributed by atoms with E-state index in [2.05, 4.69) is 36.4 Å². The first-order valence-corrected chi connectivity index (χ1v) is 10.9. The smallest absolute Gasteiger partial charge is 0.288 e. The highest BCUT2D eigenvalue weighted by molar-refractivity contribution is 5.47. The molecule has 0 saturated heterocycles. The van der Waals surface area contributed by atoms with Crippen LogP contribution in [0.3, 0.4) is 0 Å². The Balaban J connectivity index is 1.98. The summed E-state index contributed by atoms with van der Waals surface area (Å²) in [5.74, 6) is -1.38. The molecule has 1 aliphatic carbocycles. The third-order valence-electron chi connectivity index (χ3n) is 6.43. The first-order chi connectivity index (χ1) is 15.2. The molecule has 31 heavy (non-hydrogen) atoms. The molecule has 0 spiro atoms. The van der Waals surface area contributed by atoms with Crippen LogP contribution in [-0.4, -0.2) is 26.2 Å². The quantitative estimate of drug-likeness (QED) is 0.411. The van der Waals surface area contributed by atoms with Crippen molar-refractivity contribution in [1.82, 2.24) is 0 Å². The zero-order valence-corrected chi connectivity index (χ0v) is 18.2. The van der Waals surface area contributed by atoms with Crippen LogP contribution in [0.25, 0.3) is 0 Å². The van der Waals surface area contributed by atoms with Crippen molar-refractivity contribution in [1.29, 1.82) is 0 Å². The highest BCUT2D eigenvalue weighted by Crippen LogP contribution is 2.48. The van der Waals surface area contributed by atoms with Crippen molar-refractivity contribution in [2.75, 3.05) is 14.2 Å². The second kappa shape index (κ2) is 9.33. The van der Waals surface area contributed by atoms with Crippen molar-refractivity contribution in [3.05, 3.63) is 108 Å². The van der Waals surface area contributed by atoms with Crippen LogP contribution in [-0.2, 0) is 19.8 Å². The molecule has 3 aromatic rings. The van der Waals surface area contributed by atoms with Gasteiger partial charge < -0.3 is 19.9 Å². The Hall–Kier alpha value is -2.50. The maximum Gasteiger partial charge on any atom is 0.288 e. The molecule has 3 aromatic carbocycles. The molecule has 0 radical (unpaired) electrons. The molecule has 0 amide bonds.